The summed E-state index contributed by atoms with van der Waals surface area (Å²) in [6.07, 6.45) is 2.87. The minimum Gasteiger partial charge on any atom is -0.495 e. The molecule has 0 aliphatic carbocycles. The lowest BCUT2D eigenvalue weighted by atomic mass is 10.2. The molecule has 1 aliphatic rings. The van der Waals surface area contributed by atoms with Gasteiger partial charge in [0.15, 0.2) is 0 Å². The zero-order chi connectivity index (χ0) is 17.7. The molecule has 1 amide bonds. The summed E-state index contributed by atoms with van der Waals surface area (Å²) in [5.41, 5.74) is 0.222. The molecule has 1 aliphatic heterocycles. The van der Waals surface area contributed by atoms with Crippen LogP contribution in [0.3, 0.4) is 0 Å². The molecule has 1 heterocycles. The topological polar surface area (TPSA) is 84.9 Å². The number of anilines is 1. The molecule has 0 aromatic heterocycles. The van der Waals surface area contributed by atoms with Crippen LogP contribution in [0, 0.1) is 0 Å². The number of amides is 1. The fourth-order valence-corrected chi connectivity index (χ4v) is 3.48. The highest BCUT2D eigenvalue weighted by atomic mass is 35.5. The molecule has 1 saturated heterocycles. The monoisotopic (exact) mass is 376 g/mol. The van der Waals surface area contributed by atoms with Gasteiger partial charge >= 0.3 is 0 Å². The van der Waals surface area contributed by atoms with Crippen LogP contribution >= 0.6 is 11.6 Å². The van der Waals surface area contributed by atoms with E-state index in [1.165, 1.54) is 13.2 Å². The molecule has 24 heavy (non-hydrogen) atoms. The molecule has 0 saturated carbocycles. The lowest BCUT2D eigenvalue weighted by Gasteiger charge is -2.24. The number of rotatable bonds is 7. The summed E-state index contributed by atoms with van der Waals surface area (Å²) in [6.45, 7) is 0.696. The third-order valence-electron chi connectivity index (χ3n) is 3.65. The first-order valence-electron chi connectivity index (χ1n) is 7.51. The number of carbonyl (C=O) groups is 1. The zero-order valence-corrected chi connectivity index (χ0v) is 15.2. The normalized spacial score (nSPS) is 17.5. The van der Waals surface area contributed by atoms with Gasteiger partial charge in [-0.25, -0.2) is 8.42 Å². The summed E-state index contributed by atoms with van der Waals surface area (Å²) in [7, 11) is -2.28. The van der Waals surface area contributed by atoms with Crippen LogP contribution in [-0.2, 0) is 19.6 Å². The van der Waals surface area contributed by atoms with Crippen molar-refractivity contribution >= 4 is 33.2 Å². The Hall–Kier alpha value is -1.51. The molecule has 0 spiro atoms. The van der Waals surface area contributed by atoms with Crippen LogP contribution in [0.4, 0.5) is 5.69 Å². The SMILES string of the molecule is COc1ccc(Cl)cc1N(CC(=O)NC[C@H]1CCCO1)S(C)(=O)=O. The van der Waals surface area contributed by atoms with Crippen molar-refractivity contribution in [3.63, 3.8) is 0 Å². The van der Waals surface area contributed by atoms with E-state index in [9.17, 15) is 13.2 Å². The number of ether oxygens (including phenoxy) is 2. The summed E-state index contributed by atoms with van der Waals surface area (Å²) >= 11 is 5.96. The number of hydrogen-bond acceptors (Lipinski definition) is 5. The van der Waals surface area contributed by atoms with E-state index in [0.29, 0.717) is 23.9 Å². The van der Waals surface area contributed by atoms with E-state index in [-0.39, 0.29) is 18.3 Å². The van der Waals surface area contributed by atoms with Gasteiger partial charge in [-0.15, -0.1) is 0 Å². The Kier molecular flexibility index (Phi) is 6.31. The first kappa shape index (κ1) is 18.8. The van der Waals surface area contributed by atoms with Gasteiger partial charge in [-0.05, 0) is 31.0 Å². The maximum absolute atomic E-state index is 12.2. The molecule has 7 nitrogen and oxygen atoms in total. The minimum atomic E-state index is -3.70. The van der Waals surface area contributed by atoms with E-state index in [0.717, 1.165) is 23.4 Å². The number of halogens is 1. The largest absolute Gasteiger partial charge is 0.495 e. The van der Waals surface area contributed by atoms with E-state index in [1.54, 1.807) is 12.1 Å². The van der Waals surface area contributed by atoms with Gasteiger partial charge in [-0.2, -0.15) is 0 Å². The fraction of sp³-hybridized carbons (Fsp3) is 0.533. The summed E-state index contributed by atoms with van der Waals surface area (Å²) < 4.78 is 35.8. The van der Waals surface area contributed by atoms with Gasteiger partial charge in [0, 0.05) is 18.2 Å². The molecular formula is C15H21ClN2O5S. The maximum atomic E-state index is 12.2. The number of carbonyl (C=O) groups excluding carboxylic acids is 1. The van der Waals surface area contributed by atoms with Crippen molar-refractivity contribution in [2.75, 3.05) is 37.4 Å². The second-order valence-corrected chi connectivity index (χ2v) is 7.87. The van der Waals surface area contributed by atoms with Crippen molar-refractivity contribution in [2.24, 2.45) is 0 Å². The van der Waals surface area contributed by atoms with Crippen LogP contribution in [-0.4, -0.2) is 53.5 Å². The smallest absolute Gasteiger partial charge is 0.240 e. The van der Waals surface area contributed by atoms with Gasteiger partial charge in [-0.1, -0.05) is 11.6 Å². The maximum Gasteiger partial charge on any atom is 0.240 e. The standard InChI is InChI=1S/C15H21ClN2O5S/c1-22-14-6-5-11(16)8-13(14)18(24(2,20)21)10-15(19)17-9-12-4-3-7-23-12/h5-6,8,12H,3-4,7,9-10H2,1-2H3,(H,17,19)/t12-/m1/s1. The summed E-state index contributed by atoms with van der Waals surface area (Å²) in [6, 6.07) is 4.59. The number of nitrogens with one attached hydrogen (secondary N) is 1. The average molecular weight is 377 g/mol. The van der Waals surface area contributed by atoms with Crippen LogP contribution in [0.15, 0.2) is 18.2 Å². The molecule has 0 unspecified atom stereocenters. The molecular weight excluding hydrogens is 356 g/mol. The predicted molar refractivity (Wildman–Crippen MR) is 92.2 cm³/mol. The van der Waals surface area contributed by atoms with Crippen LogP contribution < -0.4 is 14.4 Å². The minimum absolute atomic E-state index is 0.0126. The number of methoxy groups -OCH3 is 1. The molecule has 1 atom stereocenters. The van der Waals surface area contributed by atoms with Crippen LogP contribution in [0.1, 0.15) is 12.8 Å². The molecule has 0 bridgehead atoms. The second-order valence-electron chi connectivity index (χ2n) is 5.52. The first-order valence-corrected chi connectivity index (χ1v) is 9.73. The zero-order valence-electron chi connectivity index (χ0n) is 13.6. The highest BCUT2D eigenvalue weighted by Crippen LogP contribution is 2.32. The van der Waals surface area contributed by atoms with Crippen LogP contribution in [0.2, 0.25) is 5.02 Å². The van der Waals surface area contributed by atoms with E-state index >= 15 is 0 Å². The van der Waals surface area contributed by atoms with E-state index in [1.807, 2.05) is 0 Å². The lowest BCUT2D eigenvalue weighted by molar-refractivity contribution is -0.120. The van der Waals surface area contributed by atoms with Gasteiger partial charge < -0.3 is 14.8 Å². The Bertz CT molecular complexity index is 689. The Labute approximate surface area is 146 Å². The highest BCUT2D eigenvalue weighted by Gasteiger charge is 2.25. The van der Waals surface area contributed by atoms with Gasteiger partial charge in [0.1, 0.15) is 12.3 Å². The molecule has 0 radical (unpaired) electrons. The average Bonchev–Trinajstić information content (AvgIpc) is 3.03. The molecule has 2 rings (SSSR count). The summed E-state index contributed by atoms with van der Waals surface area (Å²) in [4.78, 5) is 12.2. The molecule has 1 aromatic rings. The third-order valence-corrected chi connectivity index (χ3v) is 5.01. The van der Waals surface area contributed by atoms with Crippen molar-refractivity contribution in [1.82, 2.24) is 5.32 Å². The van der Waals surface area contributed by atoms with Crippen molar-refractivity contribution < 1.29 is 22.7 Å². The van der Waals surface area contributed by atoms with E-state index < -0.39 is 15.9 Å². The molecule has 1 N–H and O–H groups in total. The van der Waals surface area contributed by atoms with Crippen molar-refractivity contribution in [3.05, 3.63) is 23.2 Å². The molecule has 1 aromatic carbocycles. The number of nitrogens with zero attached hydrogens (tertiary/aromatic N) is 1. The van der Waals surface area contributed by atoms with Gasteiger partial charge in [0.2, 0.25) is 15.9 Å². The second kappa shape index (κ2) is 8.04. The molecule has 1 fully saturated rings. The number of sulfonamides is 1. The number of hydrogen-bond donors (Lipinski definition) is 1. The first-order chi connectivity index (χ1) is 11.3. The summed E-state index contributed by atoms with van der Waals surface area (Å²) in [5, 5.41) is 3.05. The van der Waals surface area contributed by atoms with Gasteiger partial charge in [-0.3, -0.25) is 9.10 Å². The fourth-order valence-electron chi connectivity index (χ4n) is 2.46. The van der Waals surface area contributed by atoms with E-state index in [2.05, 4.69) is 5.32 Å². The highest BCUT2D eigenvalue weighted by molar-refractivity contribution is 7.92. The lowest BCUT2D eigenvalue weighted by Crippen LogP contribution is -2.42. The van der Waals surface area contributed by atoms with Crippen molar-refractivity contribution in [2.45, 2.75) is 18.9 Å². The predicted octanol–water partition coefficient (Wildman–Crippen LogP) is 1.41. The number of benzene rings is 1. The van der Waals surface area contributed by atoms with Gasteiger partial charge in [0.05, 0.1) is 25.2 Å². The molecule has 9 heteroatoms. The third kappa shape index (κ3) is 4.99. The van der Waals surface area contributed by atoms with E-state index in [4.69, 9.17) is 21.1 Å². The van der Waals surface area contributed by atoms with Gasteiger partial charge in [0.25, 0.3) is 0 Å². The molecule has 134 valence electrons. The van der Waals surface area contributed by atoms with Crippen LogP contribution in [0.25, 0.3) is 0 Å². The Morgan fingerprint density at radius 3 is 2.83 bits per heavy atom. The van der Waals surface area contributed by atoms with Crippen LogP contribution in [0.5, 0.6) is 5.75 Å². The Morgan fingerprint density at radius 2 is 2.25 bits per heavy atom. The Morgan fingerprint density at radius 1 is 1.50 bits per heavy atom. The van der Waals surface area contributed by atoms with Crippen molar-refractivity contribution in [3.8, 4) is 5.75 Å². The van der Waals surface area contributed by atoms with Crippen molar-refractivity contribution in [1.29, 1.82) is 0 Å². The quantitative estimate of drug-likeness (QED) is 0.777. The Balaban J connectivity index is 2.14. The summed E-state index contributed by atoms with van der Waals surface area (Å²) in [5.74, 6) is -0.102.